The van der Waals surface area contributed by atoms with E-state index in [1.165, 1.54) is 0 Å². The van der Waals surface area contributed by atoms with Gasteiger partial charge in [0.15, 0.2) is 5.65 Å². The highest BCUT2D eigenvalue weighted by Gasteiger charge is 2.17. The summed E-state index contributed by atoms with van der Waals surface area (Å²) in [6.07, 6.45) is 0.793. The maximum Gasteiger partial charge on any atom is 0.364 e. The average molecular weight is 237 g/mol. The number of ether oxygens (including phenoxy) is 1. The largest absolute Gasteiger partial charge is 0.475 e. The molecule has 0 saturated carbocycles. The number of hydrogen-bond acceptors (Lipinski definition) is 5. The molecule has 2 aromatic rings. The van der Waals surface area contributed by atoms with Gasteiger partial charge in [-0.2, -0.15) is 9.61 Å². The Kier molecular flexibility index (Phi) is 2.84. The van der Waals surface area contributed by atoms with Crippen molar-refractivity contribution in [2.75, 3.05) is 6.61 Å². The topological polar surface area (TPSA) is 98.3 Å². The van der Waals surface area contributed by atoms with Crippen LogP contribution in [-0.4, -0.2) is 32.0 Å². The van der Waals surface area contributed by atoms with Gasteiger partial charge in [-0.25, -0.2) is 9.89 Å². The normalized spacial score (nSPS) is 14.8. The molecule has 2 heterocycles. The van der Waals surface area contributed by atoms with E-state index in [-0.39, 0.29) is 0 Å². The number of rotatable bonds is 4. The highest BCUT2D eigenvalue weighted by atomic mass is 16.5. The summed E-state index contributed by atoms with van der Waals surface area (Å²) < 4.78 is 6.60. The summed E-state index contributed by atoms with van der Waals surface area (Å²) in [5, 5.41) is 10.1. The van der Waals surface area contributed by atoms with E-state index in [0.29, 0.717) is 18.1 Å². The summed E-state index contributed by atoms with van der Waals surface area (Å²) in [6.45, 7) is 4.23. The van der Waals surface area contributed by atoms with Crippen molar-refractivity contribution in [1.82, 2.24) is 19.8 Å². The second kappa shape index (κ2) is 4.17. The Morgan fingerprint density at radius 2 is 2.35 bits per heavy atom. The van der Waals surface area contributed by atoms with Gasteiger partial charge in [-0.15, -0.1) is 5.10 Å². The molecule has 2 aromatic heterocycles. The van der Waals surface area contributed by atoms with E-state index in [1.54, 1.807) is 12.1 Å². The predicted molar refractivity (Wildman–Crippen MR) is 62.0 cm³/mol. The zero-order valence-electron chi connectivity index (χ0n) is 9.80. The lowest BCUT2D eigenvalue weighted by Crippen LogP contribution is -2.41. The standard InChI is InChI=1S/C10H15N5O2/c1-3-10(2,11)6-17-8-5-4-7-12-13-9(16)15(7)14-8/h4-5H,3,6,11H2,1-2H3,(H,13,16). The van der Waals surface area contributed by atoms with Gasteiger partial charge >= 0.3 is 5.69 Å². The molecular formula is C10H15N5O2. The molecule has 7 nitrogen and oxygen atoms in total. The van der Waals surface area contributed by atoms with Crippen LogP contribution in [0.5, 0.6) is 5.88 Å². The van der Waals surface area contributed by atoms with Crippen LogP contribution in [0.3, 0.4) is 0 Å². The predicted octanol–water partition coefficient (Wildman–Crippen LogP) is -0.0762. The van der Waals surface area contributed by atoms with E-state index < -0.39 is 11.2 Å². The van der Waals surface area contributed by atoms with Crippen molar-refractivity contribution in [2.24, 2.45) is 5.73 Å². The van der Waals surface area contributed by atoms with Crippen LogP contribution in [0.2, 0.25) is 0 Å². The molecule has 0 amide bonds. The van der Waals surface area contributed by atoms with Crippen molar-refractivity contribution in [3.05, 3.63) is 22.6 Å². The summed E-state index contributed by atoms with van der Waals surface area (Å²) >= 11 is 0. The van der Waals surface area contributed by atoms with Crippen molar-refractivity contribution in [3.63, 3.8) is 0 Å². The zero-order chi connectivity index (χ0) is 12.5. The van der Waals surface area contributed by atoms with E-state index in [1.807, 2.05) is 13.8 Å². The van der Waals surface area contributed by atoms with Gasteiger partial charge in [-0.1, -0.05) is 6.92 Å². The molecule has 0 bridgehead atoms. The molecule has 0 aliphatic rings. The van der Waals surface area contributed by atoms with Crippen LogP contribution in [0.15, 0.2) is 16.9 Å². The summed E-state index contributed by atoms with van der Waals surface area (Å²) in [5.74, 6) is 0.353. The molecule has 3 N–H and O–H groups in total. The van der Waals surface area contributed by atoms with E-state index in [2.05, 4.69) is 15.3 Å². The van der Waals surface area contributed by atoms with Crippen LogP contribution in [0, 0.1) is 0 Å². The molecule has 0 spiro atoms. The van der Waals surface area contributed by atoms with Crippen molar-refractivity contribution in [1.29, 1.82) is 0 Å². The third kappa shape index (κ3) is 2.44. The van der Waals surface area contributed by atoms with Crippen LogP contribution < -0.4 is 16.2 Å². The minimum atomic E-state index is -0.405. The van der Waals surface area contributed by atoms with Crippen molar-refractivity contribution < 1.29 is 4.74 Å². The molecule has 92 valence electrons. The Balaban J connectivity index is 2.19. The first-order valence-electron chi connectivity index (χ1n) is 5.38. The Labute approximate surface area is 97.6 Å². The second-order valence-corrected chi connectivity index (χ2v) is 4.27. The monoisotopic (exact) mass is 237 g/mol. The molecule has 2 rings (SSSR count). The first-order valence-corrected chi connectivity index (χ1v) is 5.38. The smallest absolute Gasteiger partial charge is 0.364 e. The number of H-pyrrole nitrogens is 1. The van der Waals surface area contributed by atoms with Gasteiger partial charge in [0.2, 0.25) is 5.88 Å². The van der Waals surface area contributed by atoms with Crippen LogP contribution in [0.1, 0.15) is 20.3 Å². The lowest BCUT2D eigenvalue weighted by Gasteiger charge is -2.22. The first kappa shape index (κ1) is 11.6. The van der Waals surface area contributed by atoms with Gasteiger partial charge in [0, 0.05) is 11.6 Å². The highest BCUT2D eigenvalue weighted by molar-refractivity contribution is 5.35. The SMILES string of the molecule is CCC(C)(N)COc1ccc2n[nH]c(=O)n2n1. The Hall–Kier alpha value is -1.89. The number of nitrogens with two attached hydrogens (primary N) is 1. The summed E-state index contributed by atoms with van der Waals surface area (Å²) in [7, 11) is 0. The minimum Gasteiger partial charge on any atom is -0.475 e. The van der Waals surface area contributed by atoms with Crippen molar-refractivity contribution >= 4 is 5.65 Å². The molecule has 0 fully saturated rings. The number of fused-ring (bicyclic) bond motifs is 1. The number of aromatic nitrogens is 4. The van der Waals surface area contributed by atoms with Gasteiger partial charge in [0.05, 0.1) is 0 Å². The van der Waals surface area contributed by atoms with Crippen molar-refractivity contribution in [3.8, 4) is 5.88 Å². The number of aromatic amines is 1. The average Bonchev–Trinajstić information content (AvgIpc) is 2.69. The maximum absolute atomic E-state index is 11.3. The summed E-state index contributed by atoms with van der Waals surface area (Å²) in [5.41, 5.74) is 5.60. The number of hydrogen-bond donors (Lipinski definition) is 2. The molecule has 0 radical (unpaired) electrons. The molecular weight excluding hydrogens is 222 g/mol. The van der Waals surface area contributed by atoms with Crippen LogP contribution in [0.4, 0.5) is 0 Å². The second-order valence-electron chi connectivity index (χ2n) is 4.27. The van der Waals surface area contributed by atoms with Gasteiger partial charge < -0.3 is 10.5 Å². The number of nitrogens with one attached hydrogen (secondary N) is 1. The van der Waals surface area contributed by atoms with E-state index in [4.69, 9.17) is 10.5 Å². The van der Waals surface area contributed by atoms with Gasteiger partial charge in [0.25, 0.3) is 0 Å². The van der Waals surface area contributed by atoms with E-state index in [0.717, 1.165) is 10.9 Å². The van der Waals surface area contributed by atoms with E-state index >= 15 is 0 Å². The molecule has 0 aliphatic heterocycles. The van der Waals surface area contributed by atoms with Gasteiger partial charge in [0.1, 0.15) is 6.61 Å². The number of nitrogens with zero attached hydrogens (tertiary/aromatic N) is 3. The van der Waals surface area contributed by atoms with E-state index in [9.17, 15) is 4.79 Å². The highest BCUT2D eigenvalue weighted by Crippen LogP contribution is 2.10. The van der Waals surface area contributed by atoms with Crippen LogP contribution in [-0.2, 0) is 0 Å². The minimum absolute atomic E-state index is 0.342. The Bertz CT molecular complexity index is 571. The first-order chi connectivity index (χ1) is 8.02. The lowest BCUT2D eigenvalue weighted by molar-refractivity contribution is 0.216. The maximum atomic E-state index is 11.3. The fraction of sp³-hybridized carbons (Fsp3) is 0.500. The molecule has 0 saturated heterocycles. The Morgan fingerprint density at radius 1 is 1.59 bits per heavy atom. The molecule has 1 atom stereocenters. The quantitative estimate of drug-likeness (QED) is 0.775. The third-order valence-electron chi connectivity index (χ3n) is 2.61. The fourth-order valence-electron chi connectivity index (χ4n) is 1.20. The summed E-state index contributed by atoms with van der Waals surface area (Å²) in [6, 6.07) is 3.31. The summed E-state index contributed by atoms with van der Waals surface area (Å²) in [4.78, 5) is 11.3. The van der Waals surface area contributed by atoms with Crippen LogP contribution >= 0.6 is 0 Å². The molecule has 7 heteroatoms. The van der Waals surface area contributed by atoms with Crippen LogP contribution in [0.25, 0.3) is 5.65 Å². The lowest BCUT2D eigenvalue weighted by atomic mass is 10.0. The molecule has 17 heavy (non-hydrogen) atoms. The van der Waals surface area contributed by atoms with Gasteiger partial charge in [-0.3, -0.25) is 0 Å². The zero-order valence-corrected chi connectivity index (χ0v) is 9.80. The molecule has 1 unspecified atom stereocenters. The van der Waals surface area contributed by atoms with Crippen molar-refractivity contribution in [2.45, 2.75) is 25.8 Å². The third-order valence-corrected chi connectivity index (χ3v) is 2.61. The van der Waals surface area contributed by atoms with Gasteiger partial charge in [-0.05, 0) is 19.4 Å². The molecule has 0 aromatic carbocycles. The Morgan fingerprint density at radius 3 is 3.06 bits per heavy atom. The fourth-order valence-corrected chi connectivity index (χ4v) is 1.20. The molecule has 0 aliphatic carbocycles.